The summed E-state index contributed by atoms with van der Waals surface area (Å²) in [7, 11) is -3.17. The maximum atomic E-state index is 12.4. The smallest absolute Gasteiger partial charge is 0.213 e. The molecule has 0 spiro atoms. The van der Waals surface area contributed by atoms with Gasteiger partial charge in [-0.2, -0.15) is 0 Å². The summed E-state index contributed by atoms with van der Waals surface area (Å²) in [5, 5.41) is 0. The minimum atomic E-state index is -3.17. The summed E-state index contributed by atoms with van der Waals surface area (Å²) in [5.41, 5.74) is 3.55. The molecule has 1 atom stereocenters. The van der Waals surface area contributed by atoms with Crippen molar-refractivity contribution in [1.82, 2.24) is 14.3 Å². The highest BCUT2D eigenvalue weighted by Gasteiger charge is 2.31. The Labute approximate surface area is 174 Å². The topological polar surface area (TPSA) is 66.4 Å². The summed E-state index contributed by atoms with van der Waals surface area (Å²) in [4.78, 5) is 12.2. The molecule has 0 N–H and O–H groups in total. The molecule has 3 heterocycles. The van der Waals surface area contributed by atoms with Crippen molar-refractivity contribution in [1.29, 1.82) is 0 Å². The van der Waals surface area contributed by atoms with Crippen LogP contribution in [0.25, 0.3) is 0 Å². The first-order chi connectivity index (χ1) is 14.0. The molecule has 7 heteroatoms. The van der Waals surface area contributed by atoms with Gasteiger partial charge in [0, 0.05) is 43.4 Å². The second kappa shape index (κ2) is 8.40. The predicted octanol–water partition coefficient (Wildman–Crippen LogP) is 3.27. The third kappa shape index (κ3) is 4.31. The lowest BCUT2D eigenvalue weighted by atomic mass is 9.97. The number of nitrogens with zero attached hydrogens (tertiary/aromatic N) is 4. The molecule has 4 rings (SSSR count). The molecule has 0 saturated carbocycles. The Morgan fingerprint density at radius 1 is 1.10 bits per heavy atom. The number of aromatic nitrogens is 2. The van der Waals surface area contributed by atoms with Gasteiger partial charge < -0.3 is 4.90 Å². The second-order valence-electron chi connectivity index (χ2n) is 8.08. The zero-order valence-electron chi connectivity index (χ0n) is 17.3. The van der Waals surface area contributed by atoms with Crippen molar-refractivity contribution in [2.75, 3.05) is 30.3 Å². The summed E-state index contributed by atoms with van der Waals surface area (Å²) in [6.45, 7) is 6.70. The highest BCUT2D eigenvalue weighted by atomic mass is 32.2. The standard InChI is InChI=1S/C22H30N4O2S/c1-3-29(27,28)26-14-7-11-19(16-26)21-23-17(2)20-12-8-13-25(22(20)24-21)15-18-9-5-4-6-10-18/h4-6,9-10,19H,3,7-8,11-16H2,1-2H3/t19-/m0/s1. The van der Waals surface area contributed by atoms with Gasteiger partial charge in [-0.25, -0.2) is 22.7 Å². The highest BCUT2D eigenvalue weighted by Crippen LogP contribution is 2.32. The first-order valence-electron chi connectivity index (χ1n) is 10.6. The van der Waals surface area contributed by atoms with Gasteiger partial charge in [0.05, 0.1) is 5.75 Å². The van der Waals surface area contributed by atoms with Crippen molar-refractivity contribution in [2.45, 2.75) is 52.0 Å². The Morgan fingerprint density at radius 3 is 2.66 bits per heavy atom. The molecule has 2 aliphatic rings. The van der Waals surface area contributed by atoms with E-state index in [1.54, 1.807) is 11.2 Å². The molecular weight excluding hydrogens is 384 g/mol. The van der Waals surface area contributed by atoms with Crippen LogP contribution >= 0.6 is 0 Å². The summed E-state index contributed by atoms with van der Waals surface area (Å²) >= 11 is 0. The van der Waals surface area contributed by atoms with Crippen LogP contribution < -0.4 is 4.90 Å². The Hall–Kier alpha value is -1.99. The summed E-state index contributed by atoms with van der Waals surface area (Å²) in [6, 6.07) is 10.5. The van der Waals surface area contributed by atoms with E-state index in [-0.39, 0.29) is 11.7 Å². The van der Waals surface area contributed by atoms with Crippen molar-refractivity contribution >= 4 is 15.8 Å². The average Bonchev–Trinajstić information content (AvgIpc) is 2.75. The van der Waals surface area contributed by atoms with Crippen LogP contribution in [-0.2, 0) is 23.0 Å². The van der Waals surface area contributed by atoms with Gasteiger partial charge in [-0.15, -0.1) is 0 Å². The molecule has 0 amide bonds. The number of anilines is 1. The number of sulfonamides is 1. The molecule has 2 aliphatic heterocycles. The Bertz CT molecular complexity index is 962. The van der Waals surface area contributed by atoms with Crippen LogP contribution in [0.15, 0.2) is 30.3 Å². The second-order valence-corrected chi connectivity index (χ2v) is 10.3. The van der Waals surface area contributed by atoms with Gasteiger partial charge in [0.1, 0.15) is 11.6 Å². The first-order valence-corrected chi connectivity index (χ1v) is 12.2. The van der Waals surface area contributed by atoms with E-state index in [1.165, 1.54) is 11.1 Å². The van der Waals surface area contributed by atoms with Gasteiger partial charge in [-0.1, -0.05) is 30.3 Å². The van der Waals surface area contributed by atoms with Crippen LogP contribution in [-0.4, -0.2) is 48.1 Å². The van der Waals surface area contributed by atoms with Crippen molar-refractivity contribution in [2.24, 2.45) is 0 Å². The lowest BCUT2D eigenvalue weighted by Crippen LogP contribution is -2.40. The predicted molar refractivity (Wildman–Crippen MR) is 116 cm³/mol. The highest BCUT2D eigenvalue weighted by molar-refractivity contribution is 7.89. The summed E-state index contributed by atoms with van der Waals surface area (Å²) in [5.74, 6) is 2.05. The SMILES string of the molecule is CCS(=O)(=O)N1CCC[C@H](c2nc(C)c3c(n2)N(Cc2ccccc2)CCC3)C1. The number of fused-ring (bicyclic) bond motifs is 1. The molecule has 156 valence electrons. The first kappa shape index (κ1) is 20.3. The number of aryl methyl sites for hydroxylation is 1. The third-order valence-electron chi connectivity index (χ3n) is 6.09. The molecule has 0 radical (unpaired) electrons. The monoisotopic (exact) mass is 414 g/mol. The molecular formula is C22H30N4O2S. The Balaban J connectivity index is 1.63. The molecule has 0 bridgehead atoms. The molecule has 1 aromatic heterocycles. The number of hydrogen-bond acceptors (Lipinski definition) is 5. The minimum absolute atomic E-state index is 0.0644. The fourth-order valence-electron chi connectivity index (χ4n) is 4.44. The number of rotatable bonds is 5. The van der Waals surface area contributed by atoms with E-state index < -0.39 is 10.0 Å². The van der Waals surface area contributed by atoms with Crippen molar-refractivity contribution in [3.63, 3.8) is 0 Å². The molecule has 6 nitrogen and oxygen atoms in total. The fraction of sp³-hybridized carbons (Fsp3) is 0.545. The lowest BCUT2D eigenvalue weighted by molar-refractivity contribution is 0.309. The Morgan fingerprint density at radius 2 is 1.90 bits per heavy atom. The molecule has 0 aliphatic carbocycles. The van der Waals surface area contributed by atoms with E-state index in [0.29, 0.717) is 13.1 Å². The van der Waals surface area contributed by atoms with E-state index in [4.69, 9.17) is 9.97 Å². The number of hydrogen-bond donors (Lipinski definition) is 0. The van der Waals surface area contributed by atoms with Crippen LogP contribution in [0.2, 0.25) is 0 Å². The van der Waals surface area contributed by atoms with Gasteiger partial charge in [0.2, 0.25) is 10.0 Å². The number of piperidine rings is 1. The molecule has 2 aromatic rings. The van der Waals surface area contributed by atoms with Crippen LogP contribution in [0.1, 0.15) is 54.7 Å². The van der Waals surface area contributed by atoms with E-state index in [2.05, 4.69) is 36.1 Å². The maximum absolute atomic E-state index is 12.4. The van der Waals surface area contributed by atoms with Crippen LogP contribution in [0.3, 0.4) is 0 Å². The van der Waals surface area contributed by atoms with E-state index in [0.717, 1.165) is 56.1 Å². The quantitative estimate of drug-likeness (QED) is 0.751. The third-order valence-corrected chi connectivity index (χ3v) is 7.94. The van der Waals surface area contributed by atoms with Gasteiger partial charge in [-0.3, -0.25) is 0 Å². The summed E-state index contributed by atoms with van der Waals surface area (Å²) in [6.07, 6.45) is 3.91. The zero-order valence-corrected chi connectivity index (χ0v) is 18.2. The van der Waals surface area contributed by atoms with Gasteiger partial charge in [0.25, 0.3) is 0 Å². The number of benzene rings is 1. The van der Waals surface area contributed by atoms with E-state index >= 15 is 0 Å². The minimum Gasteiger partial charge on any atom is -0.352 e. The van der Waals surface area contributed by atoms with E-state index in [9.17, 15) is 8.42 Å². The molecule has 1 fully saturated rings. The van der Waals surface area contributed by atoms with Crippen LogP contribution in [0.5, 0.6) is 0 Å². The van der Waals surface area contributed by atoms with Gasteiger partial charge in [-0.05, 0) is 45.1 Å². The molecule has 1 saturated heterocycles. The normalized spacial score (nSPS) is 20.5. The van der Waals surface area contributed by atoms with Crippen LogP contribution in [0.4, 0.5) is 5.82 Å². The van der Waals surface area contributed by atoms with Gasteiger partial charge in [0.15, 0.2) is 0 Å². The lowest BCUT2D eigenvalue weighted by Gasteiger charge is -2.34. The van der Waals surface area contributed by atoms with Crippen molar-refractivity contribution in [3.05, 3.63) is 53.0 Å². The molecule has 0 unspecified atom stereocenters. The van der Waals surface area contributed by atoms with Crippen molar-refractivity contribution < 1.29 is 8.42 Å². The van der Waals surface area contributed by atoms with Crippen LogP contribution in [0, 0.1) is 6.92 Å². The summed E-state index contributed by atoms with van der Waals surface area (Å²) < 4.78 is 26.4. The fourth-order valence-corrected chi connectivity index (χ4v) is 5.62. The van der Waals surface area contributed by atoms with E-state index in [1.807, 2.05) is 6.07 Å². The van der Waals surface area contributed by atoms with Crippen molar-refractivity contribution in [3.8, 4) is 0 Å². The maximum Gasteiger partial charge on any atom is 0.213 e. The molecule has 1 aromatic carbocycles. The average molecular weight is 415 g/mol. The van der Waals surface area contributed by atoms with Gasteiger partial charge >= 0.3 is 0 Å². The largest absolute Gasteiger partial charge is 0.352 e. The zero-order chi connectivity index (χ0) is 20.4. The molecule has 29 heavy (non-hydrogen) atoms. The Kier molecular flexibility index (Phi) is 5.88.